The van der Waals surface area contributed by atoms with E-state index < -0.39 is 5.97 Å². The Morgan fingerprint density at radius 2 is 1.30 bits per heavy atom. The van der Waals surface area contributed by atoms with E-state index in [1.807, 2.05) is 36.4 Å². The van der Waals surface area contributed by atoms with Crippen LogP contribution in [0.25, 0.3) is 0 Å². The first kappa shape index (κ1) is 38.1. The standard InChI is InChI=1S/C43H60O4/c1-3-5-6-13-16-19-36-21-26-38(27-22-36)39-28-32-42(33-29-39)47-43(45)34-25-37-23-30-41(31-24-37)46-35-18-15-12-10-8-7-9-11-14-17-20-40(44)4-2/h4,23-24,28-33,36,38H,2-3,5-22,26-27,35H2,1H3. The molecule has 2 aromatic carbocycles. The van der Waals surface area contributed by atoms with Gasteiger partial charge in [-0.25, -0.2) is 4.79 Å². The topological polar surface area (TPSA) is 52.6 Å². The molecule has 0 bridgehead atoms. The monoisotopic (exact) mass is 640 g/mol. The molecule has 0 unspecified atom stereocenters. The van der Waals surface area contributed by atoms with Crippen LogP contribution in [0.5, 0.6) is 11.5 Å². The lowest BCUT2D eigenvalue weighted by atomic mass is 9.77. The molecule has 0 N–H and O–H groups in total. The average molecular weight is 641 g/mol. The van der Waals surface area contributed by atoms with Gasteiger partial charge in [-0.2, -0.15) is 0 Å². The van der Waals surface area contributed by atoms with Crippen LogP contribution in [0.3, 0.4) is 0 Å². The van der Waals surface area contributed by atoms with Gasteiger partial charge in [0.2, 0.25) is 0 Å². The summed E-state index contributed by atoms with van der Waals surface area (Å²) in [6.07, 6.45) is 27.5. The summed E-state index contributed by atoms with van der Waals surface area (Å²) in [7, 11) is 0. The fraction of sp³-hybridized carbons (Fsp3) is 0.581. The number of carbonyl (C=O) groups is 2. The minimum Gasteiger partial charge on any atom is -0.494 e. The van der Waals surface area contributed by atoms with Crippen molar-refractivity contribution < 1.29 is 19.1 Å². The quantitative estimate of drug-likeness (QED) is 0.0399. The van der Waals surface area contributed by atoms with Gasteiger partial charge in [-0.1, -0.05) is 121 Å². The van der Waals surface area contributed by atoms with E-state index in [0.717, 1.165) is 36.5 Å². The van der Waals surface area contributed by atoms with E-state index in [9.17, 15) is 9.59 Å². The molecule has 256 valence electrons. The molecule has 0 saturated heterocycles. The molecule has 0 amide bonds. The Labute approximate surface area is 286 Å². The number of esters is 1. The highest BCUT2D eigenvalue weighted by atomic mass is 16.5. The lowest BCUT2D eigenvalue weighted by molar-refractivity contribution is -0.128. The Morgan fingerprint density at radius 1 is 0.723 bits per heavy atom. The largest absolute Gasteiger partial charge is 0.494 e. The van der Waals surface area contributed by atoms with Crippen LogP contribution in [0.1, 0.15) is 159 Å². The minimum absolute atomic E-state index is 0.164. The summed E-state index contributed by atoms with van der Waals surface area (Å²) in [5, 5.41) is 0. The van der Waals surface area contributed by atoms with Crippen molar-refractivity contribution >= 4 is 11.8 Å². The zero-order valence-electron chi connectivity index (χ0n) is 29.2. The summed E-state index contributed by atoms with van der Waals surface area (Å²) in [4.78, 5) is 23.6. The zero-order valence-corrected chi connectivity index (χ0v) is 29.2. The van der Waals surface area contributed by atoms with Crippen LogP contribution in [-0.2, 0) is 9.59 Å². The van der Waals surface area contributed by atoms with Gasteiger partial charge < -0.3 is 9.47 Å². The molecule has 0 spiro atoms. The fourth-order valence-corrected chi connectivity index (χ4v) is 6.63. The van der Waals surface area contributed by atoms with E-state index in [4.69, 9.17) is 9.47 Å². The first-order valence-electron chi connectivity index (χ1n) is 18.8. The number of allylic oxidation sites excluding steroid dienone is 1. The highest BCUT2D eigenvalue weighted by molar-refractivity contribution is 5.90. The molecule has 1 aliphatic carbocycles. The van der Waals surface area contributed by atoms with Crippen LogP contribution in [0.2, 0.25) is 0 Å². The third-order valence-electron chi connectivity index (χ3n) is 9.60. The molecule has 3 rings (SSSR count). The molecule has 4 nitrogen and oxygen atoms in total. The SMILES string of the molecule is C=CC(=O)CCCCCCCCCCCCOc1ccc(C#CC(=O)Oc2ccc(C3CCC(CCCCCCC)CC3)cc2)cc1. The maximum Gasteiger partial charge on any atom is 0.390 e. The first-order chi connectivity index (χ1) is 23.1. The van der Waals surface area contributed by atoms with E-state index in [-0.39, 0.29) is 5.78 Å². The second-order valence-corrected chi connectivity index (χ2v) is 13.5. The van der Waals surface area contributed by atoms with Gasteiger partial charge in [0.25, 0.3) is 0 Å². The van der Waals surface area contributed by atoms with Gasteiger partial charge in [-0.15, -0.1) is 0 Å². The van der Waals surface area contributed by atoms with E-state index in [0.29, 0.717) is 24.7 Å². The number of rotatable bonds is 23. The van der Waals surface area contributed by atoms with Gasteiger partial charge >= 0.3 is 5.97 Å². The predicted octanol–water partition coefficient (Wildman–Crippen LogP) is 11.7. The molecule has 0 atom stereocenters. The number of hydrogen-bond donors (Lipinski definition) is 0. The van der Waals surface area contributed by atoms with Crippen molar-refractivity contribution in [2.45, 2.75) is 148 Å². The molecular weight excluding hydrogens is 580 g/mol. The van der Waals surface area contributed by atoms with Crippen LogP contribution >= 0.6 is 0 Å². The molecule has 0 radical (unpaired) electrons. The van der Waals surface area contributed by atoms with Gasteiger partial charge in [0, 0.05) is 17.9 Å². The van der Waals surface area contributed by atoms with Crippen LogP contribution in [0, 0.1) is 17.8 Å². The zero-order chi connectivity index (χ0) is 33.4. The van der Waals surface area contributed by atoms with Gasteiger partial charge in [-0.05, 0) is 98.4 Å². The molecular formula is C43H60O4. The summed E-state index contributed by atoms with van der Waals surface area (Å²) < 4.78 is 11.4. The normalized spacial score (nSPS) is 15.8. The molecule has 1 fully saturated rings. The van der Waals surface area contributed by atoms with Crippen molar-refractivity contribution in [1.29, 1.82) is 0 Å². The van der Waals surface area contributed by atoms with E-state index in [1.54, 1.807) is 0 Å². The maximum atomic E-state index is 12.4. The van der Waals surface area contributed by atoms with Gasteiger partial charge in [0.1, 0.15) is 11.5 Å². The Balaban J connectivity index is 1.23. The molecule has 4 heteroatoms. The van der Waals surface area contributed by atoms with E-state index in [2.05, 4.69) is 37.5 Å². The third-order valence-corrected chi connectivity index (χ3v) is 9.60. The Kier molecular flexibility index (Phi) is 19.4. The molecule has 1 aliphatic rings. The molecule has 2 aromatic rings. The van der Waals surface area contributed by atoms with Crippen LogP contribution in [0.4, 0.5) is 0 Å². The lowest BCUT2D eigenvalue weighted by Crippen LogP contribution is -2.13. The molecule has 0 aliphatic heterocycles. The summed E-state index contributed by atoms with van der Waals surface area (Å²) in [5.74, 6) is 8.02. The van der Waals surface area contributed by atoms with Gasteiger partial charge in [0.15, 0.2) is 5.78 Å². The number of ketones is 1. The van der Waals surface area contributed by atoms with Gasteiger partial charge in [-0.3, -0.25) is 4.79 Å². The average Bonchev–Trinajstić information content (AvgIpc) is 3.10. The Hall–Kier alpha value is -3.32. The predicted molar refractivity (Wildman–Crippen MR) is 195 cm³/mol. The molecule has 1 saturated carbocycles. The maximum absolute atomic E-state index is 12.4. The van der Waals surface area contributed by atoms with Crippen molar-refractivity contribution in [3.8, 4) is 23.3 Å². The van der Waals surface area contributed by atoms with Crippen molar-refractivity contribution in [2.24, 2.45) is 5.92 Å². The van der Waals surface area contributed by atoms with Crippen LogP contribution in [-0.4, -0.2) is 18.4 Å². The van der Waals surface area contributed by atoms with Crippen LogP contribution < -0.4 is 9.47 Å². The summed E-state index contributed by atoms with van der Waals surface area (Å²) in [5.41, 5.74) is 2.11. The van der Waals surface area contributed by atoms with Crippen molar-refractivity contribution in [1.82, 2.24) is 0 Å². The smallest absolute Gasteiger partial charge is 0.390 e. The Morgan fingerprint density at radius 3 is 1.94 bits per heavy atom. The van der Waals surface area contributed by atoms with E-state index in [1.165, 1.54) is 121 Å². The van der Waals surface area contributed by atoms with Crippen molar-refractivity contribution in [3.05, 3.63) is 72.3 Å². The van der Waals surface area contributed by atoms with E-state index >= 15 is 0 Å². The Bertz CT molecular complexity index is 1210. The summed E-state index contributed by atoms with van der Waals surface area (Å²) in [6.45, 7) is 6.50. The third kappa shape index (κ3) is 16.9. The lowest BCUT2D eigenvalue weighted by Gasteiger charge is -2.29. The number of hydrogen-bond acceptors (Lipinski definition) is 4. The highest BCUT2D eigenvalue weighted by Crippen LogP contribution is 2.38. The number of carbonyl (C=O) groups excluding carboxylic acids is 2. The number of benzene rings is 2. The van der Waals surface area contributed by atoms with Crippen molar-refractivity contribution in [3.63, 3.8) is 0 Å². The molecule has 0 aromatic heterocycles. The highest BCUT2D eigenvalue weighted by Gasteiger charge is 2.22. The second-order valence-electron chi connectivity index (χ2n) is 13.5. The second kappa shape index (κ2) is 23.9. The number of unbranched alkanes of at least 4 members (excludes halogenated alkanes) is 13. The van der Waals surface area contributed by atoms with Crippen molar-refractivity contribution in [2.75, 3.05) is 6.61 Å². The summed E-state index contributed by atoms with van der Waals surface area (Å²) >= 11 is 0. The summed E-state index contributed by atoms with van der Waals surface area (Å²) in [6, 6.07) is 15.6. The first-order valence-corrected chi connectivity index (χ1v) is 18.8. The molecule has 47 heavy (non-hydrogen) atoms. The fourth-order valence-electron chi connectivity index (χ4n) is 6.63. The molecule has 0 heterocycles. The van der Waals surface area contributed by atoms with Gasteiger partial charge in [0.05, 0.1) is 6.61 Å². The minimum atomic E-state index is -0.547. The van der Waals surface area contributed by atoms with Crippen LogP contribution in [0.15, 0.2) is 61.2 Å². The number of ether oxygens (including phenoxy) is 2.